The molecule has 1 heterocycles. The SMILES string of the molecule is COc1ccc(-c2cc(-c3ccccc3)nc(SCC(=O)NC3CCCCC3)c2C#N)cc1. The number of carbonyl (C=O) groups excluding carboxylic acids is 1. The summed E-state index contributed by atoms with van der Waals surface area (Å²) in [7, 11) is 1.63. The lowest BCUT2D eigenvalue weighted by Crippen LogP contribution is -2.37. The van der Waals surface area contributed by atoms with Crippen LogP contribution < -0.4 is 10.1 Å². The van der Waals surface area contributed by atoms with E-state index in [4.69, 9.17) is 9.72 Å². The highest BCUT2D eigenvalue weighted by molar-refractivity contribution is 8.00. The van der Waals surface area contributed by atoms with E-state index in [-0.39, 0.29) is 17.7 Å². The number of pyridine rings is 1. The van der Waals surface area contributed by atoms with Crippen LogP contribution in [-0.4, -0.2) is 29.8 Å². The molecule has 2 aromatic carbocycles. The summed E-state index contributed by atoms with van der Waals surface area (Å²) in [6.45, 7) is 0. The molecule has 1 fully saturated rings. The largest absolute Gasteiger partial charge is 0.497 e. The molecular weight excluding hydrogens is 430 g/mol. The van der Waals surface area contributed by atoms with Crippen LogP contribution in [-0.2, 0) is 4.79 Å². The van der Waals surface area contributed by atoms with Gasteiger partial charge in [-0.2, -0.15) is 5.26 Å². The number of nitrogens with zero attached hydrogens (tertiary/aromatic N) is 2. The Hall–Kier alpha value is -3.30. The number of rotatable bonds is 7. The number of thioether (sulfide) groups is 1. The highest BCUT2D eigenvalue weighted by Gasteiger charge is 2.19. The van der Waals surface area contributed by atoms with Crippen molar-refractivity contribution in [1.29, 1.82) is 5.26 Å². The molecule has 3 aromatic rings. The van der Waals surface area contributed by atoms with Crippen molar-refractivity contribution < 1.29 is 9.53 Å². The van der Waals surface area contributed by atoms with Crippen LogP contribution in [0.4, 0.5) is 0 Å². The molecule has 0 aliphatic heterocycles. The summed E-state index contributed by atoms with van der Waals surface area (Å²) in [5.74, 6) is 0.982. The Labute approximate surface area is 199 Å². The topological polar surface area (TPSA) is 75.0 Å². The predicted molar refractivity (Wildman–Crippen MR) is 132 cm³/mol. The van der Waals surface area contributed by atoms with E-state index in [1.807, 2.05) is 60.7 Å². The van der Waals surface area contributed by atoms with E-state index in [1.54, 1.807) is 7.11 Å². The van der Waals surface area contributed by atoms with Crippen molar-refractivity contribution >= 4 is 17.7 Å². The minimum Gasteiger partial charge on any atom is -0.497 e. The second-order valence-electron chi connectivity index (χ2n) is 8.13. The van der Waals surface area contributed by atoms with Crippen LogP contribution >= 0.6 is 11.8 Å². The van der Waals surface area contributed by atoms with E-state index in [2.05, 4.69) is 11.4 Å². The number of nitrogens with one attached hydrogen (secondary N) is 1. The number of hydrogen-bond acceptors (Lipinski definition) is 5. The lowest BCUT2D eigenvalue weighted by molar-refractivity contribution is -0.119. The van der Waals surface area contributed by atoms with E-state index >= 15 is 0 Å². The zero-order valence-corrected chi connectivity index (χ0v) is 19.5. The van der Waals surface area contributed by atoms with Gasteiger partial charge < -0.3 is 10.1 Å². The molecule has 4 rings (SSSR count). The number of ether oxygens (including phenoxy) is 1. The fourth-order valence-electron chi connectivity index (χ4n) is 4.14. The van der Waals surface area contributed by atoms with Gasteiger partial charge in [-0.1, -0.05) is 73.5 Å². The second-order valence-corrected chi connectivity index (χ2v) is 9.10. The summed E-state index contributed by atoms with van der Waals surface area (Å²) in [6, 6.07) is 22.1. The quantitative estimate of drug-likeness (QED) is 0.451. The first-order chi connectivity index (χ1) is 16.2. The predicted octanol–water partition coefficient (Wildman–Crippen LogP) is 5.84. The van der Waals surface area contributed by atoms with Crippen LogP contribution in [0.1, 0.15) is 37.7 Å². The van der Waals surface area contributed by atoms with Crippen molar-refractivity contribution in [3.63, 3.8) is 0 Å². The number of aromatic nitrogens is 1. The van der Waals surface area contributed by atoms with Crippen molar-refractivity contribution in [1.82, 2.24) is 10.3 Å². The summed E-state index contributed by atoms with van der Waals surface area (Å²) >= 11 is 1.32. The van der Waals surface area contributed by atoms with Gasteiger partial charge in [0.1, 0.15) is 16.8 Å². The van der Waals surface area contributed by atoms with Crippen molar-refractivity contribution in [3.8, 4) is 34.2 Å². The number of methoxy groups -OCH3 is 1. The fourth-order valence-corrected chi connectivity index (χ4v) is 4.95. The normalized spacial score (nSPS) is 13.8. The zero-order valence-electron chi connectivity index (χ0n) is 18.7. The molecule has 1 aromatic heterocycles. The molecule has 0 atom stereocenters. The third kappa shape index (κ3) is 5.74. The molecule has 1 aliphatic rings. The number of carbonyl (C=O) groups is 1. The third-order valence-corrected chi connectivity index (χ3v) is 6.85. The summed E-state index contributed by atoms with van der Waals surface area (Å²) < 4.78 is 5.28. The summed E-state index contributed by atoms with van der Waals surface area (Å²) in [4.78, 5) is 17.4. The van der Waals surface area contributed by atoms with Gasteiger partial charge in [0.25, 0.3) is 0 Å². The highest BCUT2D eigenvalue weighted by atomic mass is 32.2. The number of benzene rings is 2. The van der Waals surface area contributed by atoms with Crippen molar-refractivity contribution in [2.24, 2.45) is 0 Å². The van der Waals surface area contributed by atoms with E-state index < -0.39 is 0 Å². The second kappa shape index (κ2) is 11.0. The molecule has 0 bridgehead atoms. The van der Waals surface area contributed by atoms with Crippen LogP contribution in [0, 0.1) is 11.3 Å². The molecule has 0 radical (unpaired) electrons. The molecule has 33 heavy (non-hydrogen) atoms. The molecular formula is C27H27N3O2S. The molecule has 5 nitrogen and oxygen atoms in total. The lowest BCUT2D eigenvalue weighted by Gasteiger charge is -2.22. The van der Waals surface area contributed by atoms with Crippen molar-refractivity contribution in [2.75, 3.05) is 12.9 Å². The van der Waals surface area contributed by atoms with E-state index in [0.717, 1.165) is 41.0 Å². The summed E-state index contributed by atoms with van der Waals surface area (Å²) in [5.41, 5.74) is 3.92. The summed E-state index contributed by atoms with van der Waals surface area (Å²) in [6.07, 6.45) is 5.68. The van der Waals surface area contributed by atoms with Gasteiger partial charge in [0.2, 0.25) is 5.91 Å². The third-order valence-electron chi connectivity index (χ3n) is 5.88. The zero-order chi connectivity index (χ0) is 23.0. The molecule has 1 N–H and O–H groups in total. The molecule has 1 saturated carbocycles. The first-order valence-electron chi connectivity index (χ1n) is 11.2. The van der Waals surface area contributed by atoms with Crippen LogP contribution in [0.2, 0.25) is 0 Å². The summed E-state index contributed by atoms with van der Waals surface area (Å²) in [5, 5.41) is 13.7. The van der Waals surface area contributed by atoms with Gasteiger partial charge in [-0.15, -0.1) is 0 Å². The van der Waals surface area contributed by atoms with Crippen LogP contribution in [0.3, 0.4) is 0 Å². The first-order valence-corrected chi connectivity index (χ1v) is 12.2. The van der Waals surface area contributed by atoms with Gasteiger partial charge in [-0.05, 0) is 36.6 Å². The number of nitriles is 1. The Morgan fingerprint density at radius 3 is 2.48 bits per heavy atom. The maximum absolute atomic E-state index is 12.6. The molecule has 0 saturated heterocycles. The van der Waals surface area contributed by atoms with E-state index in [9.17, 15) is 10.1 Å². The molecule has 0 unspecified atom stereocenters. The maximum Gasteiger partial charge on any atom is 0.230 e. The monoisotopic (exact) mass is 457 g/mol. The van der Waals surface area contributed by atoms with Gasteiger partial charge in [0, 0.05) is 17.2 Å². The van der Waals surface area contributed by atoms with Crippen LogP contribution in [0.5, 0.6) is 5.75 Å². The Morgan fingerprint density at radius 1 is 1.09 bits per heavy atom. The van der Waals surface area contributed by atoms with Crippen molar-refractivity contribution in [2.45, 2.75) is 43.2 Å². The van der Waals surface area contributed by atoms with Crippen molar-refractivity contribution in [3.05, 3.63) is 66.2 Å². The molecule has 168 valence electrons. The highest BCUT2D eigenvalue weighted by Crippen LogP contribution is 2.34. The van der Waals surface area contributed by atoms with Gasteiger partial charge in [-0.3, -0.25) is 4.79 Å². The van der Waals surface area contributed by atoms with E-state index in [0.29, 0.717) is 10.6 Å². The average molecular weight is 458 g/mol. The number of hydrogen-bond donors (Lipinski definition) is 1. The van der Waals surface area contributed by atoms with E-state index in [1.165, 1.54) is 31.0 Å². The molecule has 1 amide bonds. The van der Waals surface area contributed by atoms with Gasteiger partial charge >= 0.3 is 0 Å². The fraction of sp³-hybridized carbons (Fsp3) is 0.296. The smallest absolute Gasteiger partial charge is 0.230 e. The minimum absolute atomic E-state index is 0.00583. The Morgan fingerprint density at radius 2 is 1.82 bits per heavy atom. The lowest BCUT2D eigenvalue weighted by atomic mass is 9.95. The Bertz CT molecular complexity index is 1130. The molecule has 0 spiro atoms. The minimum atomic E-state index is -0.00583. The standard InChI is InChI=1S/C27H27N3O2S/c1-32-22-14-12-19(13-15-22)23-16-25(20-8-4-2-5-9-20)30-27(24(23)17-28)33-18-26(31)29-21-10-6-3-7-11-21/h2,4-5,8-9,12-16,21H,3,6-7,10-11,18H2,1H3,(H,29,31). The van der Waals surface area contributed by atoms with Gasteiger partial charge in [0.05, 0.1) is 24.1 Å². The number of amides is 1. The first kappa shape index (κ1) is 22.9. The van der Waals surface area contributed by atoms with Crippen LogP contribution in [0.15, 0.2) is 65.7 Å². The Balaban J connectivity index is 1.65. The molecule has 6 heteroatoms. The van der Waals surface area contributed by atoms with Gasteiger partial charge in [-0.25, -0.2) is 4.98 Å². The molecule has 1 aliphatic carbocycles. The average Bonchev–Trinajstić information content (AvgIpc) is 2.88. The van der Waals surface area contributed by atoms with Crippen LogP contribution in [0.25, 0.3) is 22.4 Å². The van der Waals surface area contributed by atoms with Gasteiger partial charge in [0.15, 0.2) is 0 Å². The maximum atomic E-state index is 12.6. The Kier molecular flexibility index (Phi) is 7.64.